The Labute approximate surface area is 141 Å². The number of hydrogen-bond donors (Lipinski definition) is 4. The van der Waals surface area contributed by atoms with Gasteiger partial charge in [-0.05, 0) is 18.6 Å². The van der Waals surface area contributed by atoms with Crippen molar-refractivity contribution >= 4 is 17.9 Å². The SMILES string of the molecule is Nc1nc(NCCCNC(=O)O)cc(-c2ccc(C(F)(F)F)cc2)n1. The molecule has 0 atom stereocenters. The van der Waals surface area contributed by atoms with E-state index in [0.717, 1.165) is 12.1 Å². The molecular weight excluding hydrogens is 339 g/mol. The Morgan fingerprint density at radius 2 is 1.84 bits per heavy atom. The lowest BCUT2D eigenvalue weighted by atomic mass is 10.1. The average molecular weight is 355 g/mol. The highest BCUT2D eigenvalue weighted by molar-refractivity contribution is 5.65. The van der Waals surface area contributed by atoms with Crippen molar-refractivity contribution in [2.75, 3.05) is 24.1 Å². The number of nitrogen functional groups attached to an aromatic ring is 1. The molecule has 10 heteroatoms. The molecule has 2 rings (SSSR count). The van der Waals surface area contributed by atoms with Gasteiger partial charge in [0.25, 0.3) is 0 Å². The van der Waals surface area contributed by atoms with Crippen molar-refractivity contribution in [3.8, 4) is 11.3 Å². The zero-order valence-corrected chi connectivity index (χ0v) is 13.0. The zero-order chi connectivity index (χ0) is 18.4. The van der Waals surface area contributed by atoms with Gasteiger partial charge in [0.2, 0.25) is 5.95 Å². The Morgan fingerprint density at radius 3 is 2.44 bits per heavy atom. The van der Waals surface area contributed by atoms with Gasteiger partial charge in [-0.25, -0.2) is 9.78 Å². The summed E-state index contributed by atoms with van der Waals surface area (Å²) < 4.78 is 37.8. The smallest absolute Gasteiger partial charge is 0.416 e. The van der Waals surface area contributed by atoms with Crippen molar-refractivity contribution in [2.45, 2.75) is 12.6 Å². The van der Waals surface area contributed by atoms with Crippen LogP contribution >= 0.6 is 0 Å². The molecule has 0 unspecified atom stereocenters. The molecule has 2 aromatic rings. The topological polar surface area (TPSA) is 113 Å². The molecule has 1 aromatic heterocycles. The van der Waals surface area contributed by atoms with Crippen molar-refractivity contribution in [3.63, 3.8) is 0 Å². The number of aromatic nitrogens is 2. The van der Waals surface area contributed by atoms with Crippen molar-refractivity contribution in [3.05, 3.63) is 35.9 Å². The first-order valence-electron chi connectivity index (χ1n) is 7.28. The number of hydrogen-bond acceptors (Lipinski definition) is 5. The van der Waals surface area contributed by atoms with E-state index in [1.54, 1.807) is 6.07 Å². The first kappa shape index (κ1) is 18.3. The number of alkyl halides is 3. The summed E-state index contributed by atoms with van der Waals surface area (Å²) in [7, 11) is 0. The van der Waals surface area contributed by atoms with Gasteiger partial charge in [0.05, 0.1) is 11.3 Å². The Morgan fingerprint density at radius 1 is 1.16 bits per heavy atom. The number of carboxylic acid groups (broad SMARTS) is 1. The maximum absolute atomic E-state index is 12.6. The second-order valence-electron chi connectivity index (χ2n) is 5.08. The summed E-state index contributed by atoms with van der Waals surface area (Å²) in [5.74, 6) is 0.376. The number of amides is 1. The maximum Gasteiger partial charge on any atom is 0.416 e. The minimum atomic E-state index is -4.40. The fraction of sp³-hybridized carbons (Fsp3) is 0.267. The predicted molar refractivity (Wildman–Crippen MR) is 86.0 cm³/mol. The molecule has 25 heavy (non-hydrogen) atoms. The Hall–Kier alpha value is -3.04. The van der Waals surface area contributed by atoms with Gasteiger partial charge in [0.1, 0.15) is 5.82 Å². The maximum atomic E-state index is 12.6. The van der Waals surface area contributed by atoms with E-state index in [1.165, 1.54) is 12.1 Å². The number of nitrogens with zero attached hydrogens (tertiary/aromatic N) is 2. The quantitative estimate of drug-likeness (QED) is 0.593. The van der Waals surface area contributed by atoms with Gasteiger partial charge in [-0.1, -0.05) is 12.1 Å². The average Bonchev–Trinajstić information content (AvgIpc) is 2.53. The molecule has 0 saturated heterocycles. The third kappa shape index (κ3) is 5.52. The van der Waals surface area contributed by atoms with Crippen LogP contribution in [0.5, 0.6) is 0 Å². The first-order chi connectivity index (χ1) is 11.8. The standard InChI is InChI=1S/C15H16F3N5O2/c16-15(17,18)10-4-2-9(3-5-10)11-8-12(23-13(19)22-11)20-6-1-7-21-14(24)25/h2-5,8,21H,1,6-7H2,(H,24,25)(H3,19,20,22,23). The molecule has 7 nitrogen and oxygen atoms in total. The van der Waals surface area contributed by atoms with Gasteiger partial charge in [-0.15, -0.1) is 0 Å². The summed E-state index contributed by atoms with van der Waals surface area (Å²) in [6.45, 7) is 0.706. The van der Waals surface area contributed by atoms with Crippen molar-refractivity contribution in [1.29, 1.82) is 0 Å². The van der Waals surface area contributed by atoms with Crippen LogP contribution in [-0.4, -0.2) is 34.3 Å². The van der Waals surface area contributed by atoms with Gasteiger partial charge in [0.15, 0.2) is 0 Å². The summed E-state index contributed by atoms with van der Waals surface area (Å²) in [5.41, 5.74) is 5.74. The number of halogens is 3. The van der Waals surface area contributed by atoms with Crippen LogP contribution in [0.25, 0.3) is 11.3 Å². The lowest BCUT2D eigenvalue weighted by molar-refractivity contribution is -0.137. The molecule has 134 valence electrons. The second-order valence-corrected chi connectivity index (χ2v) is 5.08. The zero-order valence-electron chi connectivity index (χ0n) is 13.0. The normalized spacial score (nSPS) is 11.2. The van der Waals surface area contributed by atoms with Crippen molar-refractivity contribution < 1.29 is 23.1 Å². The molecule has 5 N–H and O–H groups in total. The molecule has 0 radical (unpaired) electrons. The van der Waals surface area contributed by atoms with Gasteiger partial charge < -0.3 is 21.5 Å². The van der Waals surface area contributed by atoms with Crippen molar-refractivity contribution in [2.24, 2.45) is 0 Å². The largest absolute Gasteiger partial charge is 0.465 e. The molecule has 1 aromatic carbocycles. The van der Waals surface area contributed by atoms with Crippen molar-refractivity contribution in [1.82, 2.24) is 15.3 Å². The van der Waals surface area contributed by atoms with Gasteiger partial charge in [-0.2, -0.15) is 18.2 Å². The fourth-order valence-corrected chi connectivity index (χ4v) is 2.03. The second kappa shape index (κ2) is 7.69. The highest BCUT2D eigenvalue weighted by Crippen LogP contribution is 2.31. The minimum Gasteiger partial charge on any atom is -0.465 e. The molecule has 0 aliphatic rings. The van der Waals surface area contributed by atoms with Crippen LogP contribution in [0.2, 0.25) is 0 Å². The highest BCUT2D eigenvalue weighted by Gasteiger charge is 2.30. The van der Waals surface area contributed by atoms with E-state index in [-0.39, 0.29) is 12.5 Å². The number of nitrogens with two attached hydrogens (primary N) is 1. The molecule has 1 amide bonds. The third-order valence-electron chi connectivity index (χ3n) is 3.19. The summed E-state index contributed by atoms with van der Waals surface area (Å²) >= 11 is 0. The lowest BCUT2D eigenvalue weighted by Gasteiger charge is -2.10. The molecule has 0 aliphatic carbocycles. The van der Waals surface area contributed by atoms with E-state index in [1.807, 2.05) is 0 Å². The van der Waals surface area contributed by atoms with Gasteiger partial charge >= 0.3 is 12.3 Å². The number of carbonyl (C=O) groups is 1. The fourth-order valence-electron chi connectivity index (χ4n) is 2.03. The molecule has 0 fully saturated rings. The van der Waals surface area contributed by atoms with Crippen LogP contribution in [0.1, 0.15) is 12.0 Å². The molecule has 0 spiro atoms. The molecule has 0 aliphatic heterocycles. The Kier molecular flexibility index (Phi) is 5.63. The van der Waals surface area contributed by atoms with Crippen LogP contribution in [0.15, 0.2) is 30.3 Å². The van der Waals surface area contributed by atoms with E-state index in [4.69, 9.17) is 10.8 Å². The van der Waals surface area contributed by atoms with Gasteiger partial charge in [-0.3, -0.25) is 0 Å². The van der Waals surface area contributed by atoms with Crippen LogP contribution in [0, 0.1) is 0 Å². The Balaban J connectivity index is 2.06. The van der Waals surface area contributed by atoms with E-state index in [0.29, 0.717) is 30.0 Å². The van der Waals surface area contributed by atoms with Crippen LogP contribution in [-0.2, 0) is 6.18 Å². The summed E-state index contributed by atoms with van der Waals surface area (Å²) in [5, 5.41) is 13.6. The first-order valence-corrected chi connectivity index (χ1v) is 7.28. The van der Waals surface area contributed by atoms with E-state index >= 15 is 0 Å². The lowest BCUT2D eigenvalue weighted by Crippen LogP contribution is -2.23. The third-order valence-corrected chi connectivity index (χ3v) is 3.19. The van der Waals surface area contributed by atoms with Crippen LogP contribution < -0.4 is 16.4 Å². The van der Waals surface area contributed by atoms with E-state index in [2.05, 4.69) is 20.6 Å². The summed E-state index contributed by atoms with van der Waals surface area (Å²) in [6.07, 6.45) is -4.98. The number of anilines is 2. The highest BCUT2D eigenvalue weighted by atomic mass is 19.4. The van der Waals surface area contributed by atoms with Crippen LogP contribution in [0.4, 0.5) is 29.7 Å². The number of rotatable bonds is 6. The molecule has 1 heterocycles. The molecule has 0 saturated carbocycles. The predicted octanol–water partition coefficient (Wildman–Crippen LogP) is 2.81. The van der Waals surface area contributed by atoms with Gasteiger partial charge in [0, 0.05) is 24.7 Å². The molecular formula is C15H16F3N5O2. The van der Waals surface area contributed by atoms with Crippen LogP contribution in [0.3, 0.4) is 0 Å². The van der Waals surface area contributed by atoms with E-state index < -0.39 is 17.8 Å². The summed E-state index contributed by atoms with van der Waals surface area (Å²) in [4.78, 5) is 18.3. The number of benzene rings is 1. The minimum absolute atomic E-state index is 0.0245. The number of nitrogens with one attached hydrogen (secondary N) is 2. The van der Waals surface area contributed by atoms with E-state index in [9.17, 15) is 18.0 Å². The summed E-state index contributed by atoms with van der Waals surface area (Å²) in [6, 6.07) is 6.12. The monoisotopic (exact) mass is 355 g/mol. The molecule has 0 bridgehead atoms. The Bertz CT molecular complexity index is 735.